The highest BCUT2D eigenvalue weighted by atomic mass is 35.5. The summed E-state index contributed by atoms with van der Waals surface area (Å²) in [6.07, 6.45) is 0. The minimum absolute atomic E-state index is 0.456. The number of oxazole rings is 1. The van der Waals surface area contributed by atoms with Crippen LogP contribution in [0, 0.1) is 6.92 Å². The van der Waals surface area contributed by atoms with Gasteiger partial charge in [-0.25, -0.2) is 4.79 Å². The van der Waals surface area contributed by atoms with Crippen LogP contribution in [0.15, 0.2) is 21.3 Å². The maximum Gasteiger partial charge on any atom is 0.417 e. The van der Waals surface area contributed by atoms with E-state index in [-0.39, 0.29) is 0 Å². The van der Waals surface area contributed by atoms with Crippen LogP contribution in [0.3, 0.4) is 0 Å². The molecule has 1 radical (unpaired) electrons. The van der Waals surface area contributed by atoms with E-state index in [0.29, 0.717) is 21.7 Å². The van der Waals surface area contributed by atoms with Gasteiger partial charge in [-0.15, -0.1) is 0 Å². The normalized spacial score (nSPS) is 10.8. The van der Waals surface area contributed by atoms with Crippen molar-refractivity contribution >= 4 is 22.7 Å². The lowest BCUT2D eigenvalue weighted by atomic mass is 10.2. The van der Waals surface area contributed by atoms with Crippen LogP contribution in [0.4, 0.5) is 0 Å². The number of rotatable bonds is 0. The van der Waals surface area contributed by atoms with Crippen molar-refractivity contribution in [3.05, 3.63) is 40.2 Å². The second-order valence-corrected chi connectivity index (χ2v) is 2.86. The maximum atomic E-state index is 10.7. The predicted octanol–water partition coefficient (Wildman–Crippen LogP) is 1.96. The van der Waals surface area contributed by atoms with Crippen molar-refractivity contribution in [3.8, 4) is 0 Å². The molecule has 0 aliphatic carbocycles. The highest BCUT2D eigenvalue weighted by molar-refractivity contribution is 6.32. The molecule has 1 N–H and O–H groups in total. The van der Waals surface area contributed by atoms with Crippen molar-refractivity contribution in [2.45, 2.75) is 0 Å². The van der Waals surface area contributed by atoms with Gasteiger partial charge in [0.05, 0.1) is 5.52 Å². The van der Waals surface area contributed by atoms with Crippen LogP contribution in [-0.2, 0) is 0 Å². The van der Waals surface area contributed by atoms with E-state index in [4.69, 9.17) is 16.0 Å². The minimum atomic E-state index is -0.480. The summed E-state index contributed by atoms with van der Waals surface area (Å²) < 4.78 is 4.78. The molecule has 0 fully saturated rings. The molecule has 1 aromatic carbocycles. The molecule has 0 aliphatic heterocycles. The molecule has 3 nitrogen and oxygen atoms in total. The zero-order chi connectivity index (χ0) is 8.72. The van der Waals surface area contributed by atoms with Gasteiger partial charge in [0.25, 0.3) is 0 Å². The minimum Gasteiger partial charge on any atom is -0.408 e. The molecule has 0 atom stereocenters. The fraction of sp³-hybridized carbons (Fsp3) is 0. The Morgan fingerprint density at radius 2 is 2.25 bits per heavy atom. The lowest BCUT2D eigenvalue weighted by Crippen LogP contribution is -1.92. The zero-order valence-electron chi connectivity index (χ0n) is 6.06. The highest BCUT2D eigenvalue weighted by Gasteiger charge is 2.03. The summed E-state index contributed by atoms with van der Waals surface area (Å²) in [6.45, 7) is 3.68. The fourth-order valence-electron chi connectivity index (χ4n) is 1.02. The van der Waals surface area contributed by atoms with Gasteiger partial charge in [-0.2, -0.15) is 0 Å². The molecule has 1 aromatic heterocycles. The first-order chi connectivity index (χ1) is 5.66. The van der Waals surface area contributed by atoms with Gasteiger partial charge < -0.3 is 4.42 Å². The lowest BCUT2D eigenvalue weighted by molar-refractivity contribution is 0.555. The van der Waals surface area contributed by atoms with E-state index in [0.717, 1.165) is 0 Å². The van der Waals surface area contributed by atoms with Gasteiger partial charge in [0, 0.05) is 11.1 Å². The fourth-order valence-corrected chi connectivity index (χ4v) is 1.17. The third-order valence-electron chi connectivity index (χ3n) is 1.59. The standard InChI is InChI=1S/C8H5ClNO2/c1-4-2-6-7(3-5(4)9)12-8(11)10-6/h2-3H,1H2,(H,10,11). The molecular weight excluding hydrogens is 178 g/mol. The second-order valence-electron chi connectivity index (χ2n) is 2.45. The first-order valence-electron chi connectivity index (χ1n) is 3.31. The molecule has 12 heavy (non-hydrogen) atoms. The Kier molecular flexibility index (Phi) is 1.48. The number of nitrogens with one attached hydrogen (secondary N) is 1. The largest absolute Gasteiger partial charge is 0.417 e. The number of H-pyrrole nitrogens is 1. The monoisotopic (exact) mass is 182 g/mol. The van der Waals surface area contributed by atoms with Crippen molar-refractivity contribution < 1.29 is 4.42 Å². The molecule has 61 valence electrons. The number of fused-ring (bicyclic) bond motifs is 1. The van der Waals surface area contributed by atoms with Crippen molar-refractivity contribution in [2.24, 2.45) is 0 Å². The molecule has 0 amide bonds. The summed E-state index contributed by atoms with van der Waals surface area (Å²) in [5, 5.41) is 0.491. The average Bonchev–Trinajstić information content (AvgIpc) is 2.30. The molecule has 0 saturated carbocycles. The van der Waals surface area contributed by atoms with Gasteiger partial charge in [0.2, 0.25) is 0 Å². The highest BCUT2D eigenvalue weighted by Crippen LogP contribution is 2.20. The summed E-state index contributed by atoms with van der Waals surface area (Å²) in [4.78, 5) is 13.2. The van der Waals surface area contributed by atoms with E-state index in [1.165, 1.54) is 0 Å². The molecule has 0 aliphatic rings. The third kappa shape index (κ3) is 1.02. The number of aromatic amines is 1. The first-order valence-corrected chi connectivity index (χ1v) is 3.69. The van der Waals surface area contributed by atoms with E-state index < -0.39 is 5.76 Å². The number of benzene rings is 1. The Labute approximate surface area is 73.0 Å². The van der Waals surface area contributed by atoms with E-state index in [1.54, 1.807) is 12.1 Å². The van der Waals surface area contributed by atoms with Crippen molar-refractivity contribution in [2.75, 3.05) is 0 Å². The summed E-state index contributed by atoms with van der Waals surface area (Å²) in [7, 11) is 0. The van der Waals surface area contributed by atoms with Crippen LogP contribution >= 0.6 is 11.6 Å². The topological polar surface area (TPSA) is 46.0 Å². The van der Waals surface area contributed by atoms with Crippen LogP contribution in [-0.4, -0.2) is 4.98 Å². The molecule has 0 unspecified atom stereocenters. The van der Waals surface area contributed by atoms with Crippen molar-refractivity contribution in [1.29, 1.82) is 0 Å². The van der Waals surface area contributed by atoms with E-state index in [2.05, 4.69) is 11.9 Å². The molecule has 0 spiro atoms. The first kappa shape index (κ1) is 7.43. The van der Waals surface area contributed by atoms with Crippen molar-refractivity contribution in [3.63, 3.8) is 0 Å². The second kappa shape index (κ2) is 2.38. The predicted molar refractivity (Wildman–Crippen MR) is 46.3 cm³/mol. The molecule has 0 saturated heterocycles. The number of halogens is 1. The molecule has 4 heteroatoms. The van der Waals surface area contributed by atoms with Gasteiger partial charge in [0.15, 0.2) is 5.58 Å². The smallest absolute Gasteiger partial charge is 0.408 e. The van der Waals surface area contributed by atoms with Gasteiger partial charge in [-0.05, 0) is 18.6 Å². The summed E-state index contributed by atoms with van der Waals surface area (Å²) in [5.74, 6) is -0.480. The molecule has 2 rings (SSSR count). The Hall–Kier alpha value is -1.22. The zero-order valence-corrected chi connectivity index (χ0v) is 6.81. The Bertz CT molecular complexity index is 441. The lowest BCUT2D eigenvalue weighted by Gasteiger charge is -1.94. The summed E-state index contributed by atoms with van der Waals surface area (Å²) in [5.41, 5.74) is 1.74. The SMILES string of the molecule is [CH2]c1cc2[nH]c(=O)oc2cc1Cl. The molecule has 2 aromatic rings. The van der Waals surface area contributed by atoms with Gasteiger partial charge >= 0.3 is 5.76 Å². The molecule has 1 heterocycles. The summed E-state index contributed by atoms with van der Waals surface area (Å²) in [6, 6.07) is 3.24. The number of aromatic nitrogens is 1. The molecule has 0 bridgehead atoms. The van der Waals surface area contributed by atoms with Crippen LogP contribution in [0.1, 0.15) is 5.56 Å². The van der Waals surface area contributed by atoms with Crippen LogP contribution in [0.25, 0.3) is 11.1 Å². The Morgan fingerprint density at radius 1 is 1.50 bits per heavy atom. The number of hydrogen-bond acceptors (Lipinski definition) is 2. The van der Waals surface area contributed by atoms with Gasteiger partial charge in [0.1, 0.15) is 0 Å². The molecular formula is C8H5ClNO2. The van der Waals surface area contributed by atoms with Crippen LogP contribution in [0.2, 0.25) is 5.02 Å². The van der Waals surface area contributed by atoms with Crippen LogP contribution < -0.4 is 5.76 Å². The third-order valence-corrected chi connectivity index (χ3v) is 1.94. The quantitative estimate of drug-likeness (QED) is 0.677. The Morgan fingerprint density at radius 3 is 3.00 bits per heavy atom. The van der Waals surface area contributed by atoms with E-state index in [1.807, 2.05) is 0 Å². The van der Waals surface area contributed by atoms with Gasteiger partial charge in [-0.3, -0.25) is 4.98 Å². The van der Waals surface area contributed by atoms with Crippen molar-refractivity contribution in [1.82, 2.24) is 4.98 Å². The van der Waals surface area contributed by atoms with E-state index >= 15 is 0 Å². The Balaban J connectivity index is 2.92. The summed E-state index contributed by atoms with van der Waals surface area (Å²) >= 11 is 5.76. The van der Waals surface area contributed by atoms with E-state index in [9.17, 15) is 4.79 Å². The number of hydrogen-bond donors (Lipinski definition) is 1. The van der Waals surface area contributed by atoms with Gasteiger partial charge in [-0.1, -0.05) is 11.6 Å². The maximum absolute atomic E-state index is 10.7. The van der Waals surface area contributed by atoms with Crippen LogP contribution in [0.5, 0.6) is 0 Å². The average molecular weight is 183 g/mol.